The lowest BCUT2D eigenvalue weighted by Crippen LogP contribution is -2.03. The van der Waals surface area contributed by atoms with E-state index in [1.54, 1.807) is 42.5 Å². The molecule has 2 aromatic rings. The van der Waals surface area contributed by atoms with Crippen LogP contribution in [0.15, 0.2) is 48.5 Å². The summed E-state index contributed by atoms with van der Waals surface area (Å²) in [6, 6.07) is 14.2. The zero-order valence-electron chi connectivity index (χ0n) is 12.2. The maximum atomic E-state index is 10.8. The van der Waals surface area contributed by atoms with Gasteiger partial charge in [0, 0.05) is 5.56 Å². The molecule has 4 heteroatoms. The molecule has 4 nitrogen and oxygen atoms in total. The third kappa shape index (κ3) is 4.74. The Bertz CT molecular complexity index is 605. The third-order valence-corrected chi connectivity index (χ3v) is 3.13. The molecule has 0 aliphatic rings. The zero-order chi connectivity index (χ0) is 15.6. The number of aldehydes is 2. The minimum absolute atomic E-state index is 0.540. The van der Waals surface area contributed by atoms with Gasteiger partial charge in [-0.05, 0) is 49.2 Å². The predicted octanol–water partition coefficient (Wildman–Crippen LogP) is 3.55. The van der Waals surface area contributed by atoms with E-state index in [2.05, 4.69) is 0 Å². The molecule has 0 aliphatic heterocycles. The van der Waals surface area contributed by atoms with E-state index >= 15 is 0 Å². The summed E-state index contributed by atoms with van der Waals surface area (Å²) in [6.07, 6.45) is 3.28. The Morgan fingerprint density at radius 3 is 2.14 bits per heavy atom. The van der Waals surface area contributed by atoms with Crippen LogP contribution in [-0.4, -0.2) is 25.8 Å². The fraction of sp³-hybridized carbons (Fsp3) is 0.222. The molecule has 0 N–H and O–H groups in total. The molecule has 2 aromatic carbocycles. The molecule has 0 saturated carbocycles. The highest BCUT2D eigenvalue weighted by molar-refractivity contribution is 5.79. The van der Waals surface area contributed by atoms with E-state index in [9.17, 15) is 9.59 Å². The van der Waals surface area contributed by atoms with Crippen LogP contribution in [0.25, 0.3) is 0 Å². The standard InChI is InChI=1S/C18H18O4/c19-13-15-7-9-17(10-8-15)21-11-3-4-12-22-18-6-2-1-5-16(18)14-20/h1-2,5-10,13-14H,3-4,11-12H2. The van der Waals surface area contributed by atoms with Crippen LogP contribution in [0.5, 0.6) is 11.5 Å². The summed E-state index contributed by atoms with van der Waals surface area (Å²) in [6.45, 7) is 1.12. The highest BCUT2D eigenvalue weighted by Gasteiger charge is 2.01. The summed E-state index contributed by atoms with van der Waals surface area (Å²) < 4.78 is 11.2. The molecule has 0 amide bonds. The van der Waals surface area contributed by atoms with Crippen molar-refractivity contribution in [2.75, 3.05) is 13.2 Å². The Morgan fingerprint density at radius 2 is 1.45 bits per heavy atom. The van der Waals surface area contributed by atoms with Crippen LogP contribution in [-0.2, 0) is 0 Å². The first-order valence-electron chi connectivity index (χ1n) is 7.18. The van der Waals surface area contributed by atoms with Crippen molar-refractivity contribution >= 4 is 12.6 Å². The van der Waals surface area contributed by atoms with Gasteiger partial charge in [-0.25, -0.2) is 0 Å². The van der Waals surface area contributed by atoms with Gasteiger partial charge in [0.2, 0.25) is 0 Å². The number of carbonyl (C=O) groups is 2. The minimum Gasteiger partial charge on any atom is -0.494 e. The van der Waals surface area contributed by atoms with Gasteiger partial charge in [0.15, 0.2) is 6.29 Å². The number of benzene rings is 2. The number of unbranched alkanes of at least 4 members (excludes halogenated alkanes) is 1. The second-order valence-corrected chi connectivity index (χ2v) is 4.75. The summed E-state index contributed by atoms with van der Waals surface area (Å²) >= 11 is 0. The maximum Gasteiger partial charge on any atom is 0.153 e. The summed E-state index contributed by atoms with van der Waals surface area (Å²) in [5.74, 6) is 1.36. The smallest absolute Gasteiger partial charge is 0.153 e. The van der Waals surface area contributed by atoms with E-state index in [1.165, 1.54) is 0 Å². The molecule has 0 aliphatic carbocycles. The number of para-hydroxylation sites is 1. The minimum atomic E-state index is 0.540. The average Bonchev–Trinajstić information content (AvgIpc) is 2.58. The molecule has 0 fully saturated rings. The summed E-state index contributed by atoms with van der Waals surface area (Å²) in [4.78, 5) is 21.4. The molecule has 0 unspecified atom stereocenters. The predicted molar refractivity (Wildman–Crippen MR) is 83.9 cm³/mol. The van der Waals surface area contributed by atoms with Gasteiger partial charge in [-0.15, -0.1) is 0 Å². The van der Waals surface area contributed by atoms with Gasteiger partial charge in [0.1, 0.15) is 17.8 Å². The van der Waals surface area contributed by atoms with Crippen molar-refractivity contribution in [2.24, 2.45) is 0 Å². The highest BCUT2D eigenvalue weighted by atomic mass is 16.5. The molecular weight excluding hydrogens is 280 g/mol. The largest absolute Gasteiger partial charge is 0.494 e. The molecule has 0 radical (unpaired) electrons. The van der Waals surface area contributed by atoms with Gasteiger partial charge in [0.25, 0.3) is 0 Å². The molecule has 0 aromatic heterocycles. The quantitative estimate of drug-likeness (QED) is 0.525. The molecule has 0 saturated heterocycles. The second-order valence-electron chi connectivity index (χ2n) is 4.75. The number of rotatable bonds is 9. The van der Waals surface area contributed by atoms with Gasteiger partial charge < -0.3 is 9.47 Å². The molecule has 0 spiro atoms. The number of hydrogen-bond acceptors (Lipinski definition) is 4. The van der Waals surface area contributed by atoms with Gasteiger partial charge >= 0.3 is 0 Å². The van der Waals surface area contributed by atoms with E-state index < -0.39 is 0 Å². The lowest BCUT2D eigenvalue weighted by atomic mass is 10.2. The SMILES string of the molecule is O=Cc1ccc(OCCCCOc2ccccc2C=O)cc1. The van der Waals surface area contributed by atoms with Crippen molar-refractivity contribution in [1.82, 2.24) is 0 Å². The fourth-order valence-corrected chi connectivity index (χ4v) is 1.93. The Hall–Kier alpha value is -2.62. The molecular formula is C18H18O4. The highest BCUT2D eigenvalue weighted by Crippen LogP contribution is 2.16. The van der Waals surface area contributed by atoms with Crippen LogP contribution in [0, 0.1) is 0 Å². The molecule has 114 valence electrons. The Labute approximate surface area is 129 Å². The van der Waals surface area contributed by atoms with Crippen molar-refractivity contribution < 1.29 is 19.1 Å². The average molecular weight is 298 g/mol. The van der Waals surface area contributed by atoms with Crippen LogP contribution < -0.4 is 9.47 Å². The molecule has 0 bridgehead atoms. The Kier molecular flexibility index (Phi) is 6.18. The first-order valence-corrected chi connectivity index (χ1v) is 7.18. The van der Waals surface area contributed by atoms with Crippen molar-refractivity contribution in [3.05, 3.63) is 59.7 Å². The normalized spacial score (nSPS) is 10.0. The molecule has 0 atom stereocenters. The van der Waals surface area contributed by atoms with E-state index in [0.29, 0.717) is 30.1 Å². The van der Waals surface area contributed by atoms with Crippen molar-refractivity contribution in [3.8, 4) is 11.5 Å². The van der Waals surface area contributed by atoms with E-state index in [1.807, 2.05) is 6.07 Å². The fourth-order valence-electron chi connectivity index (χ4n) is 1.93. The molecule has 0 heterocycles. The number of ether oxygens (including phenoxy) is 2. The van der Waals surface area contributed by atoms with E-state index in [4.69, 9.17) is 9.47 Å². The summed E-state index contributed by atoms with van der Waals surface area (Å²) in [7, 11) is 0. The van der Waals surface area contributed by atoms with Crippen molar-refractivity contribution in [1.29, 1.82) is 0 Å². The molecule has 22 heavy (non-hydrogen) atoms. The first-order chi connectivity index (χ1) is 10.8. The summed E-state index contributed by atoms with van der Waals surface area (Å²) in [5, 5.41) is 0. The third-order valence-electron chi connectivity index (χ3n) is 3.13. The lowest BCUT2D eigenvalue weighted by molar-refractivity contribution is 0.111. The van der Waals surface area contributed by atoms with Crippen LogP contribution in [0.1, 0.15) is 33.6 Å². The Balaban J connectivity index is 1.64. The van der Waals surface area contributed by atoms with E-state index in [-0.39, 0.29) is 0 Å². The first kappa shape index (κ1) is 15.8. The van der Waals surface area contributed by atoms with Crippen LogP contribution in [0.3, 0.4) is 0 Å². The molecule has 2 rings (SSSR count). The topological polar surface area (TPSA) is 52.6 Å². The summed E-state index contributed by atoms with van der Waals surface area (Å²) in [5.41, 5.74) is 1.20. The van der Waals surface area contributed by atoms with Crippen LogP contribution in [0.2, 0.25) is 0 Å². The lowest BCUT2D eigenvalue weighted by Gasteiger charge is -2.09. The van der Waals surface area contributed by atoms with Gasteiger partial charge in [-0.1, -0.05) is 12.1 Å². The van der Waals surface area contributed by atoms with Crippen LogP contribution >= 0.6 is 0 Å². The van der Waals surface area contributed by atoms with Crippen LogP contribution in [0.4, 0.5) is 0 Å². The van der Waals surface area contributed by atoms with Crippen molar-refractivity contribution in [3.63, 3.8) is 0 Å². The van der Waals surface area contributed by atoms with Gasteiger partial charge in [-0.3, -0.25) is 9.59 Å². The van der Waals surface area contributed by atoms with Gasteiger partial charge in [-0.2, -0.15) is 0 Å². The monoisotopic (exact) mass is 298 g/mol. The number of carbonyl (C=O) groups excluding carboxylic acids is 2. The maximum absolute atomic E-state index is 10.8. The Morgan fingerprint density at radius 1 is 0.773 bits per heavy atom. The van der Waals surface area contributed by atoms with Crippen molar-refractivity contribution in [2.45, 2.75) is 12.8 Å². The van der Waals surface area contributed by atoms with Gasteiger partial charge in [0.05, 0.1) is 18.8 Å². The zero-order valence-corrected chi connectivity index (χ0v) is 12.2. The second kappa shape index (κ2) is 8.62. The number of hydrogen-bond donors (Lipinski definition) is 0. The van der Waals surface area contributed by atoms with E-state index in [0.717, 1.165) is 31.2 Å².